The van der Waals surface area contributed by atoms with E-state index in [1.54, 1.807) is 54.9 Å². The van der Waals surface area contributed by atoms with E-state index in [1.807, 2.05) is 56.0 Å². The van der Waals surface area contributed by atoms with Crippen molar-refractivity contribution in [2.24, 2.45) is 0 Å². The van der Waals surface area contributed by atoms with E-state index in [0.717, 1.165) is 64.6 Å². The number of hydrogen-bond donors (Lipinski definition) is 0. The standard InChI is InChI=1S/C43H46FN3O4S/c1-43(2,3)51-42(48)47(40-9-5-4-6-10-40)31-33-13-17-36(18-14-33)35-15-11-32(12-16-35)29-46(30-34-8-7-27-45-28-34)52(49,50)41-25-21-38(22-26-41)37-19-23-39(44)24-20-37/h7-8,11-28,40H,4-6,9-10,29-31H2,1-3H3. The number of carbonyl (C=O) groups excluding carboxylic acids is 1. The highest BCUT2D eigenvalue weighted by Crippen LogP contribution is 2.29. The van der Waals surface area contributed by atoms with Gasteiger partial charge in [-0.3, -0.25) is 4.98 Å². The minimum atomic E-state index is -3.90. The first-order valence-corrected chi connectivity index (χ1v) is 19.3. The van der Waals surface area contributed by atoms with Gasteiger partial charge in [0.1, 0.15) is 11.4 Å². The molecule has 4 aromatic carbocycles. The van der Waals surface area contributed by atoms with Crippen molar-refractivity contribution in [3.63, 3.8) is 0 Å². The molecule has 1 fully saturated rings. The molecule has 0 saturated heterocycles. The van der Waals surface area contributed by atoms with Gasteiger partial charge in [-0.2, -0.15) is 4.31 Å². The molecule has 0 radical (unpaired) electrons. The van der Waals surface area contributed by atoms with Crippen LogP contribution < -0.4 is 0 Å². The van der Waals surface area contributed by atoms with E-state index in [4.69, 9.17) is 4.74 Å². The molecule has 9 heteroatoms. The average Bonchev–Trinajstić information content (AvgIpc) is 3.14. The maximum Gasteiger partial charge on any atom is 0.410 e. The van der Waals surface area contributed by atoms with Gasteiger partial charge in [0.25, 0.3) is 0 Å². The maximum atomic E-state index is 14.1. The number of hydrogen-bond acceptors (Lipinski definition) is 5. The van der Waals surface area contributed by atoms with Gasteiger partial charge >= 0.3 is 6.09 Å². The van der Waals surface area contributed by atoms with Crippen LogP contribution in [0, 0.1) is 5.82 Å². The zero-order chi connectivity index (χ0) is 36.7. The minimum absolute atomic E-state index is 0.153. The minimum Gasteiger partial charge on any atom is -0.444 e. The first kappa shape index (κ1) is 36.9. The quantitative estimate of drug-likeness (QED) is 0.136. The van der Waals surface area contributed by atoms with E-state index in [1.165, 1.54) is 22.9 Å². The molecule has 1 saturated carbocycles. The smallest absolute Gasteiger partial charge is 0.410 e. The Kier molecular flexibility index (Phi) is 11.5. The highest BCUT2D eigenvalue weighted by Gasteiger charge is 2.30. The molecule has 0 aliphatic heterocycles. The Hall–Kier alpha value is -4.86. The average molecular weight is 720 g/mol. The molecule has 0 bridgehead atoms. The summed E-state index contributed by atoms with van der Waals surface area (Å²) in [4.78, 5) is 19.5. The number of rotatable bonds is 11. The van der Waals surface area contributed by atoms with Crippen molar-refractivity contribution in [3.8, 4) is 22.3 Å². The number of amides is 1. The van der Waals surface area contributed by atoms with E-state index in [2.05, 4.69) is 29.2 Å². The lowest BCUT2D eigenvalue weighted by molar-refractivity contribution is 0.00988. The van der Waals surface area contributed by atoms with Gasteiger partial charge in [0.15, 0.2) is 0 Å². The van der Waals surface area contributed by atoms with E-state index in [-0.39, 0.29) is 35.9 Å². The second-order valence-electron chi connectivity index (χ2n) is 14.5. The lowest BCUT2D eigenvalue weighted by atomic mass is 9.94. The molecular weight excluding hydrogens is 674 g/mol. The van der Waals surface area contributed by atoms with E-state index < -0.39 is 15.6 Å². The fourth-order valence-electron chi connectivity index (χ4n) is 6.59. The van der Waals surface area contributed by atoms with Crippen molar-refractivity contribution >= 4 is 16.1 Å². The van der Waals surface area contributed by atoms with Crippen LogP contribution in [0.2, 0.25) is 0 Å². The van der Waals surface area contributed by atoms with Gasteiger partial charge in [-0.15, -0.1) is 0 Å². The summed E-state index contributed by atoms with van der Waals surface area (Å²) < 4.78 is 48.8. The molecule has 1 aromatic heterocycles. The molecule has 0 N–H and O–H groups in total. The Morgan fingerprint density at radius 1 is 0.712 bits per heavy atom. The van der Waals surface area contributed by atoms with Gasteiger partial charge < -0.3 is 9.64 Å². The predicted molar refractivity (Wildman–Crippen MR) is 203 cm³/mol. The second-order valence-corrected chi connectivity index (χ2v) is 16.4. The van der Waals surface area contributed by atoms with Crippen molar-refractivity contribution in [2.45, 2.75) is 89.0 Å². The number of nitrogens with zero attached hydrogens (tertiary/aromatic N) is 3. The Balaban J connectivity index is 1.18. The van der Waals surface area contributed by atoms with Gasteiger partial charge in [-0.25, -0.2) is 17.6 Å². The highest BCUT2D eigenvalue weighted by atomic mass is 32.2. The Morgan fingerprint density at radius 2 is 1.21 bits per heavy atom. The van der Waals surface area contributed by atoms with Crippen molar-refractivity contribution in [3.05, 3.63) is 144 Å². The van der Waals surface area contributed by atoms with Crippen LogP contribution in [0.1, 0.15) is 69.6 Å². The molecular formula is C43H46FN3O4S. The van der Waals surface area contributed by atoms with Crippen molar-refractivity contribution < 1.29 is 22.3 Å². The van der Waals surface area contributed by atoms with Gasteiger partial charge in [-0.1, -0.05) is 98.1 Å². The summed E-state index contributed by atoms with van der Waals surface area (Å²) >= 11 is 0. The van der Waals surface area contributed by atoms with Gasteiger partial charge in [-0.05, 0) is 103 Å². The third-order valence-corrected chi connectivity index (χ3v) is 11.2. The zero-order valence-corrected chi connectivity index (χ0v) is 30.9. The summed E-state index contributed by atoms with van der Waals surface area (Å²) in [6.07, 6.45) is 8.52. The first-order chi connectivity index (χ1) is 24.9. The molecule has 6 rings (SSSR count). The second kappa shape index (κ2) is 16.2. The third kappa shape index (κ3) is 9.52. The lowest BCUT2D eigenvalue weighted by Crippen LogP contribution is -2.43. The van der Waals surface area contributed by atoms with E-state index in [9.17, 15) is 17.6 Å². The van der Waals surface area contributed by atoms with Crippen LogP contribution in [0.5, 0.6) is 0 Å². The summed E-state index contributed by atoms with van der Waals surface area (Å²) in [5.74, 6) is -0.326. The predicted octanol–water partition coefficient (Wildman–Crippen LogP) is 10.0. The molecule has 1 heterocycles. The number of ether oxygens (including phenoxy) is 1. The fourth-order valence-corrected chi connectivity index (χ4v) is 8.01. The normalized spacial score (nSPS) is 13.9. The van der Waals surface area contributed by atoms with Crippen LogP contribution in [0.25, 0.3) is 22.3 Å². The van der Waals surface area contributed by atoms with Crippen LogP contribution in [0.15, 0.2) is 126 Å². The fraction of sp³-hybridized carbons (Fsp3) is 0.302. The molecule has 5 aromatic rings. The molecule has 0 spiro atoms. The number of carbonyl (C=O) groups is 1. The van der Waals surface area contributed by atoms with Gasteiger partial charge in [0.05, 0.1) is 4.90 Å². The van der Waals surface area contributed by atoms with Gasteiger partial charge in [0.2, 0.25) is 10.0 Å². The summed E-state index contributed by atoms with van der Waals surface area (Å²) in [6.45, 7) is 6.51. The van der Waals surface area contributed by atoms with Crippen LogP contribution in [0.3, 0.4) is 0 Å². The molecule has 1 amide bonds. The zero-order valence-electron chi connectivity index (χ0n) is 30.0. The third-order valence-electron chi connectivity index (χ3n) is 9.35. The molecule has 1 aliphatic carbocycles. The van der Waals surface area contributed by atoms with Crippen LogP contribution >= 0.6 is 0 Å². The maximum absolute atomic E-state index is 14.1. The monoisotopic (exact) mass is 719 g/mol. The van der Waals surface area contributed by atoms with Crippen molar-refractivity contribution in [2.75, 3.05) is 0 Å². The summed E-state index contributed by atoms with van der Waals surface area (Å²) in [6, 6.07) is 32.8. The SMILES string of the molecule is CC(C)(C)OC(=O)N(Cc1ccc(-c2ccc(CN(Cc3cccnc3)S(=O)(=O)c3ccc(-c4ccc(F)cc4)cc3)cc2)cc1)C1CCCCC1. The molecule has 1 aliphatic rings. The van der Waals surface area contributed by atoms with Crippen molar-refractivity contribution in [1.29, 1.82) is 0 Å². The van der Waals surface area contributed by atoms with E-state index >= 15 is 0 Å². The molecule has 0 unspecified atom stereocenters. The lowest BCUT2D eigenvalue weighted by Gasteiger charge is -2.35. The van der Waals surface area contributed by atoms with Crippen molar-refractivity contribution in [1.82, 2.24) is 14.2 Å². The topological polar surface area (TPSA) is 79.8 Å². The summed E-state index contributed by atoms with van der Waals surface area (Å²) in [5.41, 5.74) is 5.73. The van der Waals surface area contributed by atoms with Crippen LogP contribution in [-0.2, 0) is 34.4 Å². The Labute approximate surface area is 307 Å². The number of benzene rings is 4. The molecule has 52 heavy (non-hydrogen) atoms. The Morgan fingerprint density at radius 3 is 1.73 bits per heavy atom. The molecule has 7 nitrogen and oxygen atoms in total. The molecule has 0 atom stereocenters. The Bertz CT molecular complexity index is 2020. The largest absolute Gasteiger partial charge is 0.444 e. The molecule has 270 valence electrons. The number of sulfonamides is 1. The number of halogens is 1. The summed E-state index contributed by atoms with van der Waals surface area (Å²) in [5, 5.41) is 0. The number of aromatic nitrogens is 1. The highest BCUT2D eigenvalue weighted by molar-refractivity contribution is 7.89. The van der Waals surface area contributed by atoms with Crippen LogP contribution in [-0.4, -0.2) is 40.3 Å². The van der Waals surface area contributed by atoms with E-state index in [0.29, 0.717) is 6.54 Å². The number of pyridine rings is 1. The van der Waals surface area contributed by atoms with Crippen LogP contribution in [0.4, 0.5) is 9.18 Å². The summed E-state index contributed by atoms with van der Waals surface area (Å²) in [7, 11) is -3.90. The van der Waals surface area contributed by atoms with Gasteiger partial charge in [0, 0.05) is 38.1 Å². The first-order valence-electron chi connectivity index (χ1n) is 17.9.